The van der Waals surface area contributed by atoms with E-state index < -0.39 is 0 Å². The number of anilines is 1. The lowest BCUT2D eigenvalue weighted by Gasteiger charge is -2.23. The van der Waals surface area contributed by atoms with Crippen molar-refractivity contribution in [2.45, 2.75) is 45.3 Å². The highest BCUT2D eigenvalue weighted by atomic mass is 35.5. The van der Waals surface area contributed by atoms with Crippen LogP contribution in [0.25, 0.3) is 11.3 Å². The van der Waals surface area contributed by atoms with E-state index in [4.69, 9.17) is 21.1 Å². The zero-order chi connectivity index (χ0) is 27.2. The number of amides is 2. The summed E-state index contributed by atoms with van der Waals surface area (Å²) in [7, 11) is 0. The van der Waals surface area contributed by atoms with Crippen LogP contribution in [0.3, 0.4) is 0 Å². The average molecular weight is 550 g/mol. The van der Waals surface area contributed by atoms with Gasteiger partial charge in [-0.05, 0) is 48.6 Å². The minimum absolute atomic E-state index is 0.0199. The molecule has 2 amide bonds. The van der Waals surface area contributed by atoms with Gasteiger partial charge in [-0.25, -0.2) is 9.97 Å². The number of nitrogens with zero attached hydrogens (tertiary/aromatic N) is 3. The Morgan fingerprint density at radius 2 is 1.97 bits per heavy atom. The van der Waals surface area contributed by atoms with E-state index in [0.29, 0.717) is 55.1 Å². The molecule has 0 bridgehead atoms. The van der Waals surface area contributed by atoms with E-state index in [2.05, 4.69) is 27.5 Å². The predicted molar refractivity (Wildman–Crippen MR) is 149 cm³/mol. The molecule has 0 saturated carbocycles. The fourth-order valence-corrected chi connectivity index (χ4v) is 4.85. The Bertz CT molecular complexity index is 1330. The van der Waals surface area contributed by atoms with Crippen molar-refractivity contribution in [1.82, 2.24) is 20.2 Å². The zero-order valence-electron chi connectivity index (χ0n) is 21.9. The minimum Gasteiger partial charge on any atom is -0.494 e. The van der Waals surface area contributed by atoms with Crippen molar-refractivity contribution in [2.75, 3.05) is 31.7 Å². The Labute approximate surface area is 232 Å². The van der Waals surface area contributed by atoms with E-state index in [-0.39, 0.29) is 24.4 Å². The Morgan fingerprint density at radius 3 is 2.74 bits per heavy atom. The van der Waals surface area contributed by atoms with Gasteiger partial charge in [0, 0.05) is 43.5 Å². The van der Waals surface area contributed by atoms with Crippen LogP contribution in [0.15, 0.2) is 48.7 Å². The summed E-state index contributed by atoms with van der Waals surface area (Å²) >= 11 is 6.45. The Hall–Kier alpha value is -3.69. The number of benzene rings is 2. The molecule has 2 aliphatic rings. The lowest BCUT2D eigenvalue weighted by molar-refractivity contribution is -0.122. The maximum Gasteiger partial charge on any atom is 0.254 e. The van der Waals surface area contributed by atoms with Gasteiger partial charge >= 0.3 is 0 Å². The molecular weight excluding hydrogens is 518 g/mol. The van der Waals surface area contributed by atoms with Gasteiger partial charge in [-0.2, -0.15) is 0 Å². The Kier molecular flexibility index (Phi) is 8.58. The maximum absolute atomic E-state index is 13.2. The summed E-state index contributed by atoms with van der Waals surface area (Å²) < 4.78 is 11.0. The van der Waals surface area contributed by atoms with Crippen LogP contribution in [0.1, 0.15) is 47.7 Å². The van der Waals surface area contributed by atoms with Crippen molar-refractivity contribution in [3.8, 4) is 17.0 Å². The van der Waals surface area contributed by atoms with E-state index in [1.165, 1.54) is 0 Å². The van der Waals surface area contributed by atoms with Crippen LogP contribution < -0.4 is 15.4 Å². The number of rotatable bonds is 10. The van der Waals surface area contributed by atoms with Crippen molar-refractivity contribution >= 4 is 29.4 Å². The normalized spacial score (nSPS) is 15.2. The van der Waals surface area contributed by atoms with Crippen LogP contribution in [-0.2, 0) is 22.6 Å². The molecule has 2 aliphatic heterocycles. The smallest absolute Gasteiger partial charge is 0.254 e. The molecule has 0 spiro atoms. The van der Waals surface area contributed by atoms with Crippen molar-refractivity contribution in [2.24, 2.45) is 0 Å². The van der Waals surface area contributed by atoms with Crippen LogP contribution in [0.4, 0.5) is 5.95 Å². The molecule has 10 heteroatoms. The van der Waals surface area contributed by atoms with Gasteiger partial charge in [-0.15, -0.1) is 0 Å². The lowest BCUT2D eigenvalue weighted by atomic mass is 10.0. The molecule has 1 aromatic heterocycles. The first kappa shape index (κ1) is 26.9. The van der Waals surface area contributed by atoms with Crippen LogP contribution in [0, 0.1) is 0 Å². The molecule has 1 saturated heterocycles. The second-order valence-corrected chi connectivity index (χ2v) is 10.1. The third kappa shape index (κ3) is 6.66. The average Bonchev–Trinajstić information content (AvgIpc) is 3.27. The molecule has 0 radical (unpaired) electrons. The summed E-state index contributed by atoms with van der Waals surface area (Å²) in [6.45, 7) is 4.88. The number of carbonyl (C=O) groups excluding carboxylic acids is 2. The van der Waals surface area contributed by atoms with Crippen LogP contribution >= 0.6 is 11.6 Å². The first-order valence-electron chi connectivity index (χ1n) is 13.3. The number of halogens is 1. The summed E-state index contributed by atoms with van der Waals surface area (Å²) in [5, 5.41) is 6.65. The first-order valence-corrected chi connectivity index (χ1v) is 13.7. The highest BCUT2D eigenvalue weighted by Crippen LogP contribution is 2.31. The molecular formula is C29H32ClN5O4. The number of fused-ring (bicyclic) bond motifs is 1. The topological polar surface area (TPSA) is 106 Å². The van der Waals surface area contributed by atoms with Gasteiger partial charge in [0.1, 0.15) is 12.3 Å². The maximum atomic E-state index is 13.2. The van der Waals surface area contributed by atoms with Gasteiger partial charge < -0.3 is 25.0 Å². The van der Waals surface area contributed by atoms with Crippen molar-refractivity contribution in [3.05, 3.63) is 70.4 Å². The molecule has 3 aromatic rings. The largest absolute Gasteiger partial charge is 0.494 e. The monoisotopic (exact) mass is 549 g/mol. The summed E-state index contributed by atoms with van der Waals surface area (Å²) in [5.74, 6) is 0.895. The number of ether oxygens (including phenoxy) is 2. The number of hydrogen-bond donors (Lipinski definition) is 2. The molecule has 2 aromatic carbocycles. The molecule has 9 nitrogen and oxygen atoms in total. The number of aromatic nitrogens is 2. The lowest BCUT2D eigenvalue weighted by Crippen LogP contribution is -2.37. The van der Waals surface area contributed by atoms with Gasteiger partial charge in [-0.1, -0.05) is 42.8 Å². The highest BCUT2D eigenvalue weighted by Gasteiger charge is 2.29. The number of carbonyl (C=O) groups is 2. The van der Waals surface area contributed by atoms with Crippen LogP contribution in [0.2, 0.25) is 5.02 Å². The van der Waals surface area contributed by atoms with Crippen molar-refractivity contribution in [1.29, 1.82) is 0 Å². The summed E-state index contributed by atoms with van der Waals surface area (Å²) in [6, 6.07) is 13.5. The molecule has 0 unspecified atom stereocenters. The van der Waals surface area contributed by atoms with Crippen molar-refractivity contribution in [3.63, 3.8) is 0 Å². The van der Waals surface area contributed by atoms with Crippen LogP contribution in [0.5, 0.6) is 5.75 Å². The van der Waals surface area contributed by atoms with Gasteiger partial charge in [0.25, 0.3) is 5.91 Å². The summed E-state index contributed by atoms with van der Waals surface area (Å²) in [6.07, 6.45) is 4.29. The van der Waals surface area contributed by atoms with E-state index in [1.54, 1.807) is 17.2 Å². The summed E-state index contributed by atoms with van der Waals surface area (Å²) in [5.41, 5.74) is 3.66. The minimum atomic E-state index is -0.217. The molecule has 204 valence electrons. The van der Waals surface area contributed by atoms with E-state index in [1.807, 2.05) is 36.4 Å². The van der Waals surface area contributed by atoms with E-state index >= 15 is 0 Å². The van der Waals surface area contributed by atoms with Gasteiger partial charge in [-0.3, -0.25) is 9.59 Å². The summed E-state index contributed by atoms with van der Waals surface area (Å²) in [4.78, 5) is 36.3. The predicted octanol–water partition coefficient (Wildman–Crippen LogP) is 4.45. The Morgan fingerprint density at radius 1 is 1.18 bits per heavy atom. The van der Waals surface area contributed by atoms with Gasteiger partial charge in [0.05, 0.1) is 23.5 Å². The molecule has 0 atom stereocenters. The Balaban J connectivity index is 1.20. The van der Waals surface area contributed by atoms with Crippen molar-refractivity contribution < 1.29 is 19.1 Å². The molecule has 3 heterocycles. The molecule has 1 fully saturated rings. The standard InChI is InChI=1S/C29H32ClN5O4/c1-2-11-39-23-7-3-19(4-8-23)15-31-26(36)18-35-17-21-6-5-20(14-24(21)28(35)37)27-25(30)16-32-29(34-27)33-22-9-12-38-13-10-22/h3-8,14,16,22H,2,9-13,15,17-18H2,1H3,(H,31,36)(H,32,33,34). The van der Waals surface area contributed by atoms with Gasteiger partial charge in [0.2, 0.25) is 11.9 Å². The number of nitrogens with one attached hydrogen (secondary N) is 2. The second kappa shape index (κ2) is 12.4. The van der Waals surface area contributed by atoms with E-state index in [9.17, 15) is 9.59 Å². The van der Waals surface area contributed by atoms with Crippen LogP contribution in [-0.4, -0.2) is 59.1 Å². The molecule has 0 aliphatic carbocycles. The number of hydrogen-bond acceptors (Lipinski definition) is 7. The van der Waals surface area contributed by atoms with E-state index in [0.717, 1.165) is 41.7 Å². The third-order valence-electron chi connectivity index (χ3n) is 6.78. The quantitative estimate of drug-likeness (QED) is 0.385. The third-order valence-corrected chi connectivity index (χ3v) is 7.06. The first-order chi connectivity index (χ1) is 19.0. The fourth-order valence-electron chi connectivity index (χ4n) is 4.65. The SMILES string of the molecule is CCCOc1ccc(CNC(=O)CN2Cc3ccc(-c4nc(NC5CCOCC5)ncc4Cl)cc3C2=O)cc1. The molecule has 5 rings (SSSR count). The highest BCUT2D eigenvalue weighted by molar-refractivity contribution is 6.33. The molecule has 2 N–H and O–H groups in total. The second-order valence-electron chi connectivity index (χ2n) is 9.72. The molecule has 39 heavy (non-hydrogen) atoms. The zero-order valence-corrected chi connectivity index (χ0v) is 22.7. The fraction of sp³-hybridized carbons (Fsp3) is 0.379. The van der Waals surface area contributed by atoms with Gasteiger partial charge in [0.15, 0.2) is 0 Å².